The molecule has 2 aromatic heterocycles. The second-order valence-electron chi connectivity index (χ2n) is 6.38. The molecule has 0 radical (unpaired) electrons. The number of rotatable bonds is 5. The Morgan fingerprint density at radius 3 is 2.32 bits per heavy atom. The van der Waals surface area contributed by atoms with Gasteiger partial charge < -0.3 is 5.32 Å². The summed E-state index contributed by atoms with van der Waals surface area (Å²) in [5.74, 6) is 0.145. The van der Waals surface area contributed by atoms with Gasteiger partial charge in [0.05, 0.1) is 11.2 Å². The van der Waals surface area contributed by atoms with Crippen LogP contribution in [-0.4, -0.2) is 21.8 Å². The van der Waals surface area contributed by atoms with Gasteiger partial charge in [-0.25, -0.2) is 4.98 Å². The summed E-state index contributed by atoms with van der Waals surface area (Å²) < 4.78 is 1.81. The Hall–Kier alpha value is -2.82. The van der Waals surface area contributed by atoms with Crippen LogP contribution >= 0.6 is 23.2 Å². The molecule has 0 saturated heterocycles. The van der Waals surface area contributed by atoms with Crippen LogP contribution in [0, 0.1) is 0 Å². The molecule has 0 aliphatic heterocycles. The van der Waals surface area contributed by atoms with Crippen LogP contribution in [-0.2, 0) is 6.42 Å². The molecule has 4 rings (SSSR count). The van der Waals surface area contributed by atoms with E-state index in [9.17, 15) is 4.79 Å². The Kier molecular flexibility index (Phi) is 5.33. The molecular formula is C22H17Cl2N3O. The Bertz CT molecular complexity index is 1120. The monoisotopic (exact) mass is 409 g/mol. The number of aromatic nitrogens is 2. The van der Waals surface area contributed by atoms with Gasteiger partial charge in [0.1, 0.15) is 0 Å². The molecule has 1 amide bonds. The van der Waals surface area contributed by atoms with Gasteiger partial charge in [-0.15, -0.1) is 0 Å². The van der Waals surface area contributed by atoms with E-state index in [-0.39, 0.29) is 5.91 Å². The summed E-state index contributed by atoms with van der Waals surface area (Å²) in [5, 5.41) is 4.31. The third kappa shape index (κ3) is 3.88. The van der Waals surface area contributed by atoms with E-state index in [4.69, 9.17) is 23.2 Å². The van der Waals surface area contributed by atoms with Crippen molar-refractivity contribution in [2.75, 3.05) is 6.54 Å². The molecule has 140 valence electrons. The minimum atomic E-state index is -0.213. The molecule has 0 fully saturated rings. The molecular weight excluding hydrogens is 393 g/mol. The maximum atomic E-state index is 12.8. The molecule has 2 aromatic carbocycles. The number of pyridine rings is 1. The summed E-state index contributed by atoms with van der Waals surface area (Å²) in [5.41, 5.74) is 3.64. The minimum Gasteiger partial charge on any atom is -0.349 e. The summed E-state index contributed by atoms with van der Waals surface area (Å²) >= 11 is 11.9. The molecule has 2 heterocycles. The van der Waals surface area contributed by atoms with Crippen molar-refractivity contribution in [2.45, 2.75) is 6.42 Å². The van der Waals surface area contributed by atoms with Crippen molar-refractivity contribution in [3.63, 3.8) is 0 Å². The van der Waals surface area contributed by atoms with Gasteiger partial charge in [-0.1, -0.05) is 53.5 Å². The molecule has 1 N–H and O–H groups in total. The number of fused-ring (bicyclic) bond motifs is 1. The van der Waals surface area contributed by atoms with E-state index >= 15 is 0 Å². The number of halogens is 2. The number of carbonyl (C=O) groups excluding carboxylic acids is 1. The second kappa shape index (κ2) is 8.05. The standard InChI is InChI=1S/C22H17Cl2N3O/c23-17-8-4-15(5-9-17)12-13-25-22(28)21-26-20(16-6-10-18(24)11-7-16)19-3-1-2-14-27(19)21/h1-11,14H,12-13H2,(H,25,28). The summed E-state index contributed by atoms with van der Waals surface area (Å²) in [7, 11) is 0. The second-order valence-corrected chi connectivity index (χ2v) is 7.25. The quantitative estimate of drug-likeness (QED) is 0.487. The minimum absolute atomic E-state index is 0.213. The SMILES string of the molecule is O=C(NCCc1ccc(Cl)cc1)c1nc(-c2ccc(Cl)cc2)c2ccccn12. The largest absolute Gasteiger partial charge is 0.349 e. The first-order chi connectivity index (χ1) is 13.6. The van der Waals surface area contributed by atoms with Crippen LogP contribution in [0.1, 0.15) is 16.2 Å². The van der Waals surface area contributed by atoms with E-state index in [1.807, 2.05) is 77.3 Å². The Morgan fingerprint density at radius 2 is 1.61 bits per heavy atom. The Morgan fingerprint density at radius 1 is 0.929 bits per heavy atom. The van der Waals surface area contributed by atoms with Gasteiger partial charge in [0.25, 0.3) is 5.91 Å². The summed E-state index contributed by atoms with van der Waals surface area (Å²) in [6.45, 7) is 0.512. The average molecular weight is 410 g/mol. The van der Waals surface area contributed by atoms with Gasteiger partial charge in [0.2, 0.25) is 5.82 Å². The molecule has 4 aromatic rings. The lowest BCUT2D eigenvalue weighted by Crippen LogP contribution is -2.27. The van der Waals surface area contributed by atoms with Crippen LogP contribution in [0.25, 0.3) is 16.8 Å². The van der Waals surface area contributed by atoms with E-state index in [1.165, 1.54) is 0 Å². The molecule has 0 unspecified atom stereocenters. The molecule has 0 aliphatic carbocycles. The highest BCUT2D eigenvalue weighted by Crippen LogP contribution is 2.26. The fraction of sp³-hybridized carbons (Fsp3) is 0.0909. The molecule has 28 heavy (non-hydrogen) atoms. The number of hydrogen-bond acceptors (Lipinski definition) is 2. The number of carbonyl (C=O) groups is 1. The lowest BCUT2D eigenvalue weighted by atomic mass is 10.1. The van der Waals surface area contributed by atoms with Gasteiger partial charge in [-0.2, -0.15) is 0 Å². The van der Waals surface area contributed by atoms with Crippen LogP contribution in [0.15, 0.2) is 72.9 Å². The first-order valence-electron chi connectivity index (χ1n) is 8.87. The number of benzene rings is 2. The average Bonchev–Trinajstić information content (AvgIpc) is 3.10. The zero-order chi connectivity index (χ0) is 19.5. The fourth-order valence-electron chi connectivity index (χ4n) is 3.07. The summed E-state index contributed by atoms with van der Waals surface area (Å²) in [4.78, 5) is 17.4. The van der Waals surface area contributed by atoms with Crippen molar-refractivity contribution in [1.82, 2.24) is 14.7 Å². The molecule has 0 aliphatic rings. The highest BCUT2D eigenvalue weighted by atomic mass is 35.5. The van der Waals surface area contributed by atoms with Crippen molar-refractivity contribution >= 4 is 34.6 Å². The van der Waals surface area contributed by atoms with Crippen LogP contribution in [0.5, 0.6) is 0 Å². The number of nitrogens with one attached hydrogen (secondary N) is 1. The Balaban J connectivity index is 1.57. The smallest absolute Gasteiger partial charge is 0.287 e. The van der Waals surface area contributed by atoms with Crippen molar-refractivity contribution in [2.24, 2.45) is 0 Å². The summed E-state index contributed by atoms with van der Waals surface area (Å²) in [6, 6.07) is 20.8. The molecule has 0 spiro atoms. The normalized spacial score (nSPS) is 10.9. The Labute approximate surface area is 172 Å². The lowest BCUT2D eigenvalue weighted by Gasteiger charge is -2.05. The fourth-order valence-corrected chi connectivity index (χ4v) is 3.32. The molecule has 0 atom stereocenters. The summed E-state index contributed by atoms with van der Waals surface area (Å²) in [6.07, 6.45) is 2.56. The first-order valence-corrected chi connectivity index (χ1v) is 9.63. The maximum Gasteiger partial charge on any atom is 0.287 e. The highest BCUT2D eigenvalue weighted by Gasteiger charge is 2.17. The molecule has 6 heteroatoms. The predicted octanol–water partition coefficient (Wildman–Crippen LogP) is 5.28. The lowest BCUT2D eigenvalue weighted by molar-refractivity contribution is 0.0943. The molecule has 4 nitrogen and oxygen atoms in total. The zero-order valence-electron chi connectivity index (χ0n) is 14.9. The van der Waals surface area contributed by atoms with Crippen LogP contribution in [0.3, 0.4) is 0 Å². The van der Waals surface area contributed by atoms with Crippen LogP contribution in [0.2, 0.25) is 10.0 Å². The third-order valence-electron chi connectivity index (χ3n) is 4.48. The van der Waals surface area contributed by atoms with Crippen molar-refractivity contribution in [1.29, 1.82) is 0 Å². The van der Waals surface area contributed by atoms with E-state index < -0.39 is 0 Å². The van der Waals surface area contributed by atoms with E-state index in [2.05, 4.69) is 10.3 Å². The van der Waals surface area contributed by atoms with Crippen molar-refractivity contribution in [3.05, 3.63) is 94.4 Å². The molecule has 0 bridgehead atoms. The topological polar surface area (TPSA) is 46.4 Å². The number of amides is 1. The highest BCUT2D eigenvalue weighted by molar-refractivity contribution is 6.30. The van der Waals surface area contributed by atoms with Crippen LogP contribution in [0.4, 0.5) is 0 Å². The van der Waals surface area contributed by atoms with E-state index in [0.29, 0.717) is 22.4 Å². The van der Waals surface area contributed by atoms with Crippen molar-refractivity contribution < 1.29 is 4.79 Å². The van der Waals surface area contributed by atoms with E-state index in [1.54, 1.807) is 0 Å². The van der Waals surface area contributed by atoms with Gasteiger partial charge in [0, 0.05) is 28.4 Å². The van der Waals surface area contributed by atoms with Gasteiger partial charge in [0.15, 0.2) is 0 Å². The third-order valence-corrected chi connectivity index (χ3v) is 4.99. The molecule has 0 saturated carbocycles. The van der Waals surface area contributed by atoms with Gasteiger partial charge in [-0.3, -0.25) is 9.20 Å². The number of nitrogens with zero attached hydrogens (tertiary/aromatic N) is 2. The maximum absolute atomic E-state index is 12.8. The van der Waals surface area contributed by atoms with Gasteiger partial charge in [-0.05, 0) is 48.4 Å². The zero-order valence-corrected chi connectivity index (χ0v) is 16.4. The predicted molar refractivity (Wildman–Crippen MR) is 113 cm³/mol. The number of imidazole rings is 1. The van der Waals surface area contributed by atoms with E-state index in [0.717, 1.165) is 28.8 Å². The first kappa shape index (κ1) is 18.5. The number of hydrogen-bond donors (Lipinski definition) is 1. The van der Waals surface area contributed by atoms with Crippen molar-refractivity contribution in [3.8, 4) is 11.3 Å². The van der Waals surface area contributed by atoms with Gasteiger partial charge >= 0.3 is 0 Å². The van der Waals surface area contributed by atoms with Crippen LogP contribution < -0.4 is 5.32 Å².